The van der Waals surface area contributed by atoms with Crippen molar-refractivity contribution in [1.29, 1.82) is 0 Å². The highest BCUT2D eigenvalue weighted by Gasteiger charge is 2.41. The normalized spacial score (nSPS) is 15.9. The molecule has 0 saturated carbocycles. The fourth-order valence-electron chi connectivity index (χ4n) is 5.12. The zero-order valence-corrected chi connectivity index (χ0v) is 21.6. The van der Waals surface area contributed by atoms with Crippen LogP contribution in [0.2, 0.25) is 10.0 Å². The van der Waals surface area contributed by atoms with Gasteiger partial charge in [-0.05, 0) is 70.4 Å². The third-order valence-corrected chi connectivity index (χ3v) is 7.18. The summed E-state index contributed by atoms with van der Waals surface area (Å²) in [6.07, 6.45) is 3.62. The van der Waals surface area contributed by atoms with Gasteiger partial charge in [0.05, 0.1) is 18.2 Å². The molecule has 5 aromatic rings. The lowest BCUT2D eigenvalue weighted by molar-refractivity contribution is 0.0163. The van der Waals surface area contributed by atoms with Gasteiger partial charge in [-0.25, -0.2) is 4.98 Å². The van der Waals surface area contributed by atoms with E-state index in [1.807, 2.05) is 79.3 Å². The van der Waals surface area contributed by atoms with Gasteiger partial charge in [0.15, 0.2) is 5.60 Å². The first-order valence-electron chi connectivity index (χ1n) is 11.8. The minimum atomic E-state index is -0.945. The molecule has 10 heteroatoms. The molecule has 37 heavy (non-hydrogen) atoms. The van der Waals surface area contributed by atoms with Crippen LogP contribution in [-0.2, 0) is 17.4 Å². The van der Waals surface area contributed by atoms with Crippen LogP contribution in [0.1, 0.15) is 40.9 Å². The maximum atomic E-state index is 6.68. The quantitative estimate of drug-likeness (QED) is 0.295. The SMILES string of the molecule is CCOC(c1ccc(Cl)cc1)(c1ccc2c(c1)C(c1cccc(Cl)c1)n1nnnc1N2)c1cncn1C. The van der Waals surface area contributed by atoms with E-state index >= 15 is 0 Å². The summed E-state index contributed by atoms with van der Waals surface area (Å²) in [4.78, 5) is 4.42. The van der Waals surface area contributed by atoms with Crippen molar-refractivity contribution in [3.05, 3.63) is 117 Å². The van der Waals surface area contributed by atoms with E-state index in [4.69, 9.17) is 27.9 Å². The third-order valence-electron chi connectivity index (χ3n) is 6.69. The minimum Gasteiger partial charge on any atom is -0.360 e. The Morgan fingerprint density at radius 3 is 2.54 bits per heavy atom. The van der Waals surface area contributed by atoms with E-state index in [1.165, 1.54) is 0 Å². The molecule has 0 amide bonds. The van der Waals surface area contributed by atoms with Crippen LogP contribution in [0.15, 0.2) is 79.3 Å². The van der Waals surface area contributed by atoms with Crippen LogP contribution in [0.5, 0.6) is 0 Å². The number of benzene rings is 3. The van der Waals surface area contributed by atoms with Crippen LogP contribution in [0.25, 0.3) is 0 Å². The molecule has 0 aliphatic carbocycles. The van der Waals surface area contributed by atoms with Gasteiger partial charge in [-0.1, -0.05) is 58.6 Å². The number of aromatic nitrogens is 6. The largest absolute Gasteiger partial charge is 0.360 e. The lowest BCUT2D eigenvalue weighted by Gasteiger charge is -2.36. The summed E-state index contributed by atoms with van der Waals surface area (Å²) in [6, 6.07) is 21.5. The Hall–Kier alpha value is -3.72. The number of nitrogens with zero attached hydrogens (tertiary/aromatic N) is 6. The molecular formula is C27H23Cl2N7O. The Balaban J connectivity index is 1.61. The van der Waals surface area contributed by atoms with Crippen molar-refractivity contribution in [2.75, 3.05) is 11.9 Å². The number of halogens is 2. The molecule has 0 saturated heterocycles. The molecule has 1 N–H and O–H groups in total. The maximum Gasteiger partial charge on any atom is 0.248 e. The number of hydrogen-bond donors (Lipinski definition) is 1. The topological polar surface area (TPSA) is 82.7 Å². The van der Waals surface area contributed by atoms with Gasteiger partial charge in [-0.2, -0.15) is 4.68 Å². The predicted octanol–water partition coefficient (Wildman–Crippen LogP) is 5.74. The van der Waals surface area contributed by atoms with E-state index in [0.717, 1.165) is 33.6 Å². The molecule has 0 fully saturated rings. The second-order valence-corrected chi connectivity index (χ2v) is 9.72. The first-order valence-corrected chi connectivity index (χ1v) is 12.6. The summed E-state index contributed by atoms with van der Waals surface area (Å²) in [6.45, 7) is 2.46. The Morgan fingerprint density at radius 2 is 1.81 bits per heavy atom. The van der Waals surface area contributed by atoms with Gasteiger partial charge in [-0.3, -0.25) is 0 Å². The molecule has 6 rings (SSSR count). The summed E-state index contributed by atoms with van der Waals surface area (Å²) in [5, 5.41) is 17.0. The third kappa shape index (κ3) is 3.89. The van der Waals surface area contributed by atoms with Gasteiger partial charge < -0.3 is 14.6 Å². The van der Waals surface area contributed by atoms with Gasteiger partial charge in [0.25, 0.3) is 0 Å². The van der Waals surface area contributed by atoms with E-state index in [2.05, 4.69) is 38.0 Å². The van der Waals surface area contributed by atoms with Crippen molar-refractivity contribution < 1.29 is 4.74 Å². The van der Waals surface area contributed by atoms with Crippen molar-refractivity contribution in [3.8, 4) is 0 Å². The van der Waals surface area contributed by atoms with Crippen molar-refractivity contribution in [2.24, 2.45) is 7.05 Å². The number of anilines is 2. The predicted molar refractivity (Wildman–Crippen MR) is 142 cm³/mol. The van der Waals surface area contributed by atoms with Crippen LogP contribution in [0.3, 0.4) is 0 Å². The molecular weight excluding hydrogens is 509 g/mol. The second kappa shape index (κ2) is 9.30. The van der Waals surface area contributed by atoms with Crippen molar-refractivity contribution >= 4 is 34.8 Å². The zero-order chi connectivity index (χ0) is 25.6. The monoisotopic (exact) mass is 531 g/mol. The van der Waals surface area contributed by atoms with Gasteiger partial charge >= 0.3 is 0 Å². The smallest absolute Gasteiger partial charge is 0.248 e. The van der Waals surface area contributed by atoms with E-state index in [1.54, 1.807) is 11.0 Å². The van der Waals surface area contributed by atoms with Crippen molar-refractivity contribution in [1.82, 2.24) is 29.8 Å². The fourth-order valence-corrected chi connectivity index (χ4v) is 5.45. The number of ether oxygens (including phenoxy) is 1. The van der Waals surface area contributed by atoms with Crippen LogP contribution < -0.4 is 5.32 Å². The molecule has 186 valence electrons. The highest BCUT2D eigenvalue weighted by Crippen LogP contribution is 2.45. The molecule has 0 spiro atoms. The number of aryl methyl sites for hydroxylation is 1. The van der Waals surface area contributed by atoms with Crippen LogP contribution in [0, 0.1) is 0 Å². The average Bonchev–Trinajstić information content (AvgIpc) is 3.55. The van der Waals surface area contributed by atoms with Crippen LogP contribution in [-0.4, -0.2) is 36.4 Å². The Morgan fingerprint density at radius 1 is 1.00 bits per heavy atom. The van der Waals surface area contributed by atoms with E-state index in [-0.39, 0.29) is 6.04 Å². The summed E-state index contributed by atoms with van der Waals surface area (Å²) >= 11 is 12.7. The number of fused-ring (bicyclic) bond motifs is 2. The number of hydrogen-bond acceptors (Lipinski definition) is 6. The first kappa shape index (κ1) is 23.7. The molecule has 2 aromatic heterocycles. The first-order chi connectivity index (χ1) is 18.0. The zero-order valence-electron chi connectivity index (χ0n) is 20.1. The highest BCUT2D eigenvalue weighted by atomic mass is 35.5. The summed E-state index contributed by atoms with van der Waals surface area (Å²) in [5.41, 5.74) is 4.68. The fraction of sp³-hybridized carbons (Fsp3) is 0.185. The molecule has 8 nitrogen and oxygen atoms in total. The maximum absolute atomic E-state index is 6.68. The number of nitrogens with one attached hydrogen (secondary N) is 1. The van der Waals surface area contributed by atoms with E-state index in [9.17, 15) is 0 Å². The van der Waals surface area contributed by atoms with Gasteiger partial charge in [0.2, 0.25) is 5.95 Å². The molecule has 1 aliphatic heterocycles. The molecule has 2 unspecified atom stereocenters. The second-order valence-electron chi connectivity index (χ2n) is 8.84. The standard InChI is InChI=1S/C27H23Cl2N7O/c1-3-37-27(24-15-30-16-35(24)2,18-7-10-20(28)11-8-18)19-9-12-23-22(14-19)25(17-5-4-6-21(29)13-17)36-26(31-23)32-33-34-36/h4-16,25H,3H2,1-2H3,(H,31,32,34). The van der Waals surface area contributed by atoms with E-state index < -0.39 is 5.60 Å². The molecule has 1 aliphatic rings. The lowest BCUT2D eigenvalue weighted by atomic mass is 9.81. The van der Waals surface area contributed by atoms with Gasteiger partial charge in [0.1, 0.15) is 6.04 Å². The highest BCUT2D eigenvalue weighted by molar-refractivity contribution is 6.30. The average molecular weight is 532 g/mol. The summed E-state index contributed by atoms with van der Waals surface area (Å²) in [5.74, 6) is 0.561. The summed E-state index contributed by atoms with van der Waals surface area (Å²) < 4.78 is 10.4. The minimum absolute atomic E-state index is 0.295. The molecule has 3 heterocycles. The lowest BCUT2D eigenvalue weighted by Crippen LogP contribution is -2.35. The van der Waals surface area contributed by atoms with E-state index in [0.29, 0.717) is 22.6 Å². The Bertz CT molecular complexity index is 1580. The van der Waals surface area contributed by atoms with Gasteiger partial charge in [0, 0.05) is 35.0 Å². The molecule has 2 atom stereocenters. The van der Waals surface area contributed by atoms with Gasteiger partial charge in [-0.15, -0.1) is 0 Å². The Kier molecular flexibility index (Phi) is 5.95. The number of tetrazole rings is 1. The van der Waals surface area contributed by atoms with Crippen LogP contribution in [0.4, 0.5) is 11.6 Å². The molecule has 0 bridgehead atoms. The van der Waals surface area contributed by atoms with Crippen molar-refractivity contribution in [3.63, 3.8) is 0 Å². The molecule has 0 radical (unpaired) electrons. The molecule has 3 aromatic carbocycles. The van der Waals surface area contributed by atoms with Crippen LogP contribution >= 0.6 is 23.2 Å². The van der Waals surface area contributed by atoms with Crippen molar-refractivity contribution in [2.45, 2.75) is 18.6 Å². The summed E-state index contributed by atoms with van der Waals surface area (Å²) in [7, 11) is 1.97. The number of imidazole rings is 1. The Labute approximate surface area is 223 Å². The number of rotatable bonds is 6.